The highest BCUT2D eigenvalue weighted by Gasteiger charge is 2.14. The van der Waals surface area contributed by atoms with Crippen LogP contribution in [-0.4, -0.2) is 13.2 Å². The van der Waals surface area contributed by atoms with Crippen molar-refractivity contribution in [3.63, 3.8) is 0 Å². The molecule has 0 saturated carbocycles. The Hall–Kier alpha value is -2.30. The number of rotatable bonds is 3. The number of benzene rings is 2. The van der Waals surface area contributed by atoms with E-state index in [0.717, 1.165) is 18.2 Å². The molecule has 3 rings (SSSR count). The Morgan fingerprint density at radius 2 is 1.77 bits per heavy atom. The van der Waals surface area contributed by atoms with Crippen LogP contribution in [0.15, 0.2) is 36.4 Å². The van der Waals surface area contributed by atoms with Gasteiger partial charge in [0.25, 0.3) is 0 Å². The van der Waals surface area contributed by atoms with Crippen molar-refractivity contribution in [2.24, 2.45) is 0 Å². The van der Waals surface area contributed by atoms with Crippen LogP contribution in [-0.2, 0) is 0 Å². The van der Waals surface area contributed by atoms with E-state index in [4.69, 9.17) is 9.47 Å². The first kappa shape index (κ1) is 14.6. The van der Waals surface area contributed by atoms with Gasteiger partial charge in [-0.2, -0.15) is 0 Å². The molecule has 0 bridgehead atoms. The number of halogens is 2. The smallest absolute Gasteiger partial charge is 0.163 e. The lowest BCUT2D eigenvalue weighted by atomic mass is 10.1. The molecule has 2 aromatic carbocycles. The van der Waals surface area contributed by atoms with E-state index >= 15 is 0 Å². The zero-order chi connectivity index (χ0) is 15.5. The first-order valence-corrected chi connectivity index (χ1v) is 7.24. The van der Waals surface area contributed by atoms with Gasteiger partial charge >= 0.3 is 0 Å². The molecule has 0 saturated heterocycles. The molecule has 1 aliphatic heterocycles. The Balaban J connectivity index is 1.79. The summed E-state index contributed by atoms with van der Waals surface area (Å²) >= 11 is 0. The molecule has 0 fully saturated rings. The minimum absolute atomic E-state index is 0.301. The van der Waals surface area contributed by atoms with Crippen LogP contribution in [0.25, 0.3) is 0 Å². The molecule has 0 radical (unpaired) electrons. The number of anilines is 1. The van der Waals surface area contributed by atoms with Gasteiger partial charge in [0.1, 0.15) is 11.6 Å². The Kier molecular flexibility index (Phi) is 4.13. The summed E-state index contributed by atoms with van der Waals surface area (Å²) in [6.45, 7) is 3.06. The van der Waals surface area contributed by atoms with Gasteiger partial charge in [-0.15, -0.1) is 0 Å². The molecular weight excluding hydrogens is 288 g/mol. The van der Waals surface area contributed by atoms with E-state index in [1.165, 1.54) is 12.1 Å². The SMILES string of the molecule is CC(Nc1ccc2c(c1)OCCCO2)c1ccc(F)cc1F. The zero-order valence-corrected chi connectivity index (χ0v) is 12.2. The molecule has 0 amide bonds. The summed E-state index contributed by atoms with van der Waals surface area (Å²) in [5, 5.41) is 3.19. The topological polar surface area (TPSA) is 30.5 Å². The summed E-state index contributed by atoms with van der Waals surface area (Å²) in [4.78, 5) is 0. The lowest BCUT2D eigenvalue weighted by Crippen LogP contribution is -2.09. The van der Waals surface area contributed by atoms with Gasteiger partial charge < -0.3 is 14.8 Å². The molecule has 1 atom stereocenters. The van der Waals surface area contributed by atoms with Crippen LogP contribution in [0.5, 0.6) is 11.5 Å². The molecule has 0 aliphatic carbocycles. The predicted molar refractivity (Wildman–Crippen MR) is 80.4 cm³/mol. The summed E-state index contributed by atoms with van der Waals surface area (Å²) in [6, 6.07) is 8.81. The summed E-state index contributed by atoms with van der Waals surface area (Å²) in [7, 11) is 0. The van der Waals surface area contributed by atoms with E-state index in [9.17, 15) is 8.78 Å². The van der Waals surface area contributed by atoms with Crippen molar-refractivity contribution in [3.05, 3.63) is 53.6 Å². The maximum absolute atomic E-state index is 13.8. The molecule has 1 heterocycles. The standard InChI is InChI=1S/C17H17F2NO2/c1-11(14-5-3-12(18)9-15(14)19)20-13-4-6-16-17(10-13)22-8-2-7-21-16/h3-6,9-11,20H,2,7-8H2,1H3. The second-order valence-corrected chi connectivity index (χ2v) is 5.24. The van der Waals surface area contributed by atoms with Gasteiger partial charge in [0.05, 0.1) is 19.3 Å². The Bertz CT molecular complexity index is 676. The van der Waals surface area contributed by atoms with Gasteiger partial charge in [-0.1, -0.05) is 6.07 Å². The molecule has 3 nitrogen and oxygen atoms in total. The van der Waals surface area contributed by atoms with Gasteiger partial charge in [0.2, 0.25) is 0 Å². The van der Waals surface area contributed by atoms with Crippen LogP contribution in [0.4, 0.5) is 14.5 Å². The third kappa shape index (κ3) is 3.13. The van der Waals surface area contributed by atoms with E-state index in [1.54, 1.807) is 0 Å². The van der Waals surface area contributed by atoms with Crippen LogP contribution >= 0.6 is 0 Å². The third-order valence-electron chi connectivity index (χ3n) is 3.56. The fraction of sp³-hybridized carbons (Fsp3) is 0.294. The molecule has 2 aromatic rings. The number of hydrogen-bond donors (Lipinski definition) is 1. The third-order valence-corrected chi connectivity index (χ3v) is 3.56. The van der Waals surface area contributed by atoms with E-state index in [2.05, 4.69) is 5.32 Å². The summed E-state index contributed by atoms with van der Waals surface area (Å²) in [6.07, 6.45) is 0.842. The van der Waals surface area contributed by atoms with Crippen molar-refractivity contribution < 1.29 is 18.3 Å². The summed E-state index contributed by atoms with van der Waals surface area (Å²) in [5.41, 5.74) is 1.20. The van der Waals surface area contributed by atoms with Crippen LogP contribution in [0, 0.1) is 11.6 Å². The monoisotopic (exact) mass is 305 g/mol. The highest BCUT2D eigenvalue weighted by Crippen LogP contribution is 2.33. The summed E-state index contributed by atoms with van der Waals surface area (Å²) in [5.74, 6) is 0.247. The van der Waals surface area contributed by atoms with Crippen molar-refractivity contribution in [1.29, 1.82) is 0 Å². The van der Waals surface area contributed by atoms with Crippen molar-refractivity contribution in [2.45, 2.75) is 19.4 Å². The highest BCUT2D eigenvalue weighted by atomic mass is 19.1. The lowest BCUT2D eigenvalue weighted by Gasteiger charge is -2.17. The largest absolute Gasteiger partial charge is 0.490 e. The van der Waals surface area contributed by atoms with Gasteiger partial charge in [-0.05, 0) is 25.1 Å². The van der Waals surface area contributed by atoms with Crippen LogP contribution in [0.2, 0.25) is 0 Å². The normalized spacial score (nSPS) is 15.0. The molecule has 0 aromatic heterocycles. The van der Waals surface area contributed by atoms with Gasteiger partial charge in [-0.3, -0.25) is 0 Å². The van der Waals surface area contributed by atoms with E-state index in [0.29, 0.717) is 30.3 Å². The number of hydrogen-bond acceptors (Lipinski definition) is 3. The zero-order valence-electron chi connectivity index (χ0n) is 12.2. The minimum atomic E-state index is -0.580. The van der Waals surface area contributed by atoms with Gasteiger partial charge in [0, 0.05) is 29.8 Å². The maximum Gasteiger partial charge on any atom is 0.163 e. The molecule has 116 valence electrons. The van der Waals surface area contributed by atoms with Crippen molar-refractivity contribution in [3.8, 4) is 11.5 Å². The molecule has 0 spiro atoms. The van der Waals surface area contributed by atoms with Crippen LogP contribution in [0.1, 0.15) is 24.9 Å². The van der Waals surface area contributed by atoms with Crippen molar-refractivity contribution in [2.75, 3.05) is 18.5 Å². The molecule has 5 heteroatoms. The highest BCUT2D eigenvalue weighted by molar-refractivity contribution is 5.56. The van der Waals surface area contributed by atoms with Gasteiger partial charge in [0.15, 0.2) is 11.5 Å². The quantitative estimate of drug-likeness (QED) is 0.917. The average molecular weight is 305 g/mol. The first-order chi connectivity index (χ1) is 10.6. The van der Waals surface area contributed by atoms with E-state index in [1.807, 2.05) is 25.1 Å². The van der Waals surface area contributed by atoms with E-state index < -0.39 is 11.6 Å². The Morgan fingerprint density at radius 1 is 1.00 bits per heavy atom. The summed E-state index contributed by atoms with van der Waals surface area (Å²) < 4.78 is 38.0. The fourth-order valence-electron chi connectivity index (χ4n) is 2.43. The molecule has 1 unspecified atom stereocenters. The molecule has 1 N–H and O–H groups in total. The molecule has 1 aliphatic rings. The second-order valence-electron chi connectivity index (χ2n) is 5.24. The first-order valence-electron chi connectivity index (χ1n) is 7.24. The fourth-order valence-corrected chi connectivity index (χ4v) is 2.43. The number of nitrogens with one attached hydrogen (secondary N) is 1. The van der Waals surface area contributed by atoms with Crippen LogP contribution < -0.4 is 14.8 Å². The molecular formula is C17H17F2NO2. The minimum Gasteiger partial charge on any atom is -0.490 e. The van der Waals surface area contributed by atoms with Crippen molar-refractivity contribution in [1.82, 2.24) is 0 Å². The Labute approximate surface area is 127 Å². The van der Waals surface area contributed by atoms with Crippen LogP contribution in [0.3, 0.4) is 0 Å². The number of fused-ring (bicyclic) bond motifs is 1. The van der Waals surface area contributed by atoms with E-state index in [-0.39, 0.29) is 6.04 Å². The molecule has 22 heavy (non-hydrogen) atoms. The van der Waals surface area contributed by atoms with Crippen molar-refractivity contribution >= 4 is 5.69 Å². The predicted octanol–water partition coefficient (Wildman–Crippen LogP) is 4.30. The second kappa shape index (κ2) is 6.22. The Morgan fingerprint density at radius 3 is 2.55 bits per heavy atom. The number of ether oxygens (including phenoxy) is 2. The lowest BCUT2D eigenvalue weighted by molar-refractivity contribution is 0.297. The van der Waals surface area contributed by atoms with Gasteiger partial charge in [-0.25, -0.2) is 8.78 Å². The average Bonchev–Trinajstić information content (AvgIpc) is 2.71. The maximum atomic E-state index is 13.8.